The SMILES string of the molecule is CN1CC2(CCC2)C1.CN1CCN(C)CC1.CN1CCOCC1. The molecule has 1 spiro atoms. The number of rotatable bonds is 0. The Morgan fingerprint density at radius 2 is 1.04 bits per heavy atom. The van der Waals surface area contributed by atoms with Crippen molar-refractivity contribution in [2.24, 2.45) is 5.41 Å². The molecule has 0 unspecified atom stereocenters. The van der Waals surface area contributed by atoms with Crippen molar-refractivity contribution in [1.29, 1.82) is 0 Å². The van der Waals surface area contributed by atoms with Gasteiger partial charge in [0.05, 0.1) is 13.2 Å². The molecule has 4 aliphatic rings. The van der Waals surface area contributed by atoms with Crippen LogP contribution in [0.15, 0.2) is 0 Å². The van der Waals surface area contributed by atoms with Gasteiger partial charge in [0.1, 0.15) is 0 Å². The summed E-state index contributed by atoms with van der Waals surface area (Å²) in [7, 11) is 8.67. The lowest BCUT2D eigenvalue weighted by Gasteiger charge is -2.54. The van der Waals surface area contributed by atoms with Gasteiger partial charge in [-0.2, -0.15) is 0 Å². The fourth-order valence-corrected chi connectivity index (χ4v) is 3.65. The van der Waals surface area contributed by atoms with Crippen LogP contribution in [0.4, 0.5) is 0 Å². The molecule has 0 amide bonds. The fourth-order valence-electron chi connectivity index (χ4n) is 3.65. The zero-order chi connectivity index (χ0) is 16.7. The minimum atomic E-state index is 0.842. The molecule has 0 N–H and O–H groups in total. The van der Waals surface area contributed by atoms with Crippen molar-refractivity contribution in [1.82, 2.24) is 19.6 Å². The number of likely N-dealkylation sites (N-methyl/N-ethyl adjacent to an activating group) is 3. The molecular formula is C18H38N4O. The highest BCUT2D eigenvalue weighted by molar-refractivity contribution is 4.98. The Bertz CT molecular complexity index is 303. The number of piperazine rings is 1. The van der Waals surface area contributed by atoms with Crippen molar-refractivity contribution >= 4 is 0 Å². The summed E-state index contributed by atoms with van der Waals surface area (Å²) in [6.45, 7) is 11.7. The molecule has 5 heteroatoms. The van der Waals surface area contributed by atoms with Crippen molar-refractivity contribution in [3.63, 3.8) is 0 Å². The van der Waals surface area contributed by atoms with Crippen molar-refractivity contribution in [3.05, 3.63) is 0 Å². The molecule has 1 saturated carbocycles. The van der Waals surface area contributed by atoms with E-state index in [9.17, 15) is 0 Å². The normalized spacial score (nSPS) is 28.7. The monoisotopic (exact) mass is 326 g/mol. The fraction of sp³-hybridized carbons (Fsp3) is 1.00. The second kappa shape index (κ2) is 9.33. The minimum Gasteiger partial charge on any atom is -0.379 e. The highest BCUT2D eigenvalue weighted by Crippen LogP contribution is 2.47. The maximum absolute atomic E-state index is 5.10. The van der Waals surface area contributed by atoms with E-state index in [0.29, 0.717) is 0 Å². The first kappa shape index (κ1) is 19.1. The predicted molar refractivity (Wildman–Crippen MR) is 97.1 cm³/mol. The van der Waals surface area contributed by atoms with Gasteiger partial charge in [-0.3, -0.25) is 0 Å². The maximum Gasteiger partial charge on any atom is 0.0594 e. The number of nitrogens with zero attached hydrogens (tertiary/aromatic N) is 4. The van der Waals surface area contributed by atoms with E-state index in [-0.39, 0.29) is 0 Å². The Labute approximate surface area is 143 Å². The smallest absolute Gasteiger partial charge is 0.0594 e. The Hall–Kier alpha value is -0.200. The molecule has 0 aromatic heterocycles. The standard InChI is InChI=1S/C7H13N.C6H14N2.C5H11NO/c1-8-5-7(6-8)3-2-4-7;1-7-3-5-8(2)6-4-7;1-6-2-4-7-5-3-6/h2-6H2,1H3;3-6H2,1-2H3;2-5H2,1H3. The molecule has 4 rings (SSSR count). The summed E-state index contributed by atoms with van der Waals surface area (Å²) in [5, 5.41) is 0. The van der Waals surface area contributed by atoms with Crippen LogP contribution in [0.3, 0.4) is 0 Å². The van der Waals surface area contributed by atoms with Crippen LogP contribution in [0, 0.1) is 5.41 Å². The van der Waals surface area contributed by atoms with E-state index >= 15 is 0 Å². The van der Waals surface area contributed by atoms with Gasteiger partial charge in [0.2, 0.25) is 0 Å². The minimum absolute atomic E-state index is 0.842. The van der Waals surface area contributed by atoms with E-state index < -0.39 is 0 Å². The van der Waals surface area contributed by atoms with E-state index in [1.54, 1.807) is 0 Å². The second-order valence-electron chi connectivity index (χ2n) is 8.05. The first-order chi connectivity index (χ1) is 11.0. The molecule has 3 saturated heterocycles. The summed E-state index contributed by atoms with van der Waals surface area (Å²) >= 11 is 0. The number of hydrogen-bond acceptors (Lipinski definition) is 5. The van der Waals surface area contributed by atoms with Crippen molar-refractivity contribution in [3.8, 4) is 0 Å². The van der Waals surface area contributed by atoms with Gasteiger partial charge in [-0.25, -0.2) is 0 Å². The summed E-state index contributed by atoms with van der Waals surface area (Å²) in [6, 6.07) is 0. The topological polar surface area (TPSA) is 22.2 Å². The third-order valence-electron chi connectivity index (χ3n) is 5.59. The quantitative estimate of drug-likeness (QED) is 0.658. The third kappa shape index (κ3) is 6.67. The first-order valence-electron chi connectivity index (χ1n) is 9.31. The molecule has 136 valence electrons. The van der Waals surface area contributed by atoms with Gasteiger partial charge in [-0.1, -0.05) is 6.42 Å². The van der Waals surface area contributed by atoms with E-state index in [1.165, 1.54) is 58.5 Å². The Balaban J connectivity index is 0.000000126. The average molecular weight is 327 g/mol. The lowest BCUT2D eigenvalue weighted by atomic mass is 9.64. The third-order valence-corrected chi connectivity index (χ3v) is 5.59. The highest BCUT2D eigenvalue weighted by Gasteiger charge is 2.45. The molecule has 3 heterocycles. The van der Waals surface area contributed by atoms with Gasteiger partial charge in [0, 0.05) is 52.4 Å². The first-order valence-corrected chi connectivity index (χ1v) is 9.31. The van der Waals surface area contributed by atoms with Crippen LogP contribution < -0.4 is 0 Å². The largest absolute Gasteiger partial charge is 0.379 e. The van der Waals surface area contributed by atoms with Gasteiger partial charge in [0.25, 0.3) is 0 Å². The van der Waals surface area contributed by atoms with E-state index in [1.807, 2.05) is 0 Å². The van der Waals surface area contributed by atoms with Crippen molar-refractivity contribution < 1.29 is 4.74 Å². The van der Waals surface area contributed by atoms with Crippen LogP contribution in [0.5, 0.6) is 0 Å². The van der Waals surface area contributed by atoms with Crippen molar-refractivity contribution in [2.75, 3.05) is 93.8 Å². The van der Waals surface area contributed by atoms with Crippen LogP contribution in [0.1, 0.15) is 19.3 Å². The molecule has 1 aliphatic carbocycles. The predicted octanol–water partition coefficient (Wildman–Crippen LogP) is 0.914. The molecule has 0 aromatic carbocycles. The molecule has 5 nitrogen and oxygen atoms in total. The van der Waals surface area contributed by atoms with Crippen LogP contribution in [-0.2, 0) is 4.74 Å². The zero-order valence-corrected chi connectivity index (χ0v) is 15.9. The van der Waals surface area contributed by atoms with Gasteiger partial charge >= 0.3 is 0 Å². The summed E-state index contributed by atoms with van der Waals surface area (Å²) in [5.41, 5.74) is 0.842. The number of likely N-dealkylation sites (tertiary alicyclic amines) is 1. The van der Waals surface area contributed by atoms with Gasteiger partial charge in [-0.05, 0) is 46.4 Å². The second-order valence-corrected chi connectivity index (χ2v) is 8.05. The summed E-state index contributed by atoms with van der Waals surface area (Å²) in [6.07, 6.45) is 4.52. The lowest BCUT2D eigenvalue weighted by Crippen LogP contribution is -2.57. The lowest BCUT2D eigenvalue weighted by molar-refractivity contribution is -0.0436. The Morgan fingerprint density at radius 3 is 1.26 bits per heavy atom. The van der Waals surface area contributed by atoms with Crippen LogP contribution >= 0.6 is 0 Å². The van der Waals surface area contributed by atoms with E-state index in [4.69, 9.17) is 4.74 Å². The molecule has 0 bridgehead atoms. The molecule has 0 atom stereocenters. The molecule has 0 aromatic rings. The number of hydrogen-bond donors (Lipinski definition) is 0. The van der Waals surface area contributed by atoms with E-state index in [0.717, 1.165) is 31.7 Å². The summed E-state index contributed by atoms with van der Waals surface area (Å²) in [5.74, 6) is 0. The number of ether oxygens (including phenoxy) is 1. The Kier molecular flexibility index (Phi) is 7.76. The van der Waals surface area contributed by atoms with Crippen molar-refractivity contribution in [2.45, 2.75) is 19.3 Å². The van der Waals surface area contributed by atoms with Crippen LogP contribution in [-0.4, -0.2) is 113 Å². The van der Waals surface area contributed by atoms with Gasteiger partial charge < -0.3 is 24.3 Å². The number of morpholine rings is 1. The molecule has 3 aliphatic heterocycles. The van der Waals surface area contributed by atoms with Gasteiger partial charge in [0.15, 0.2) is 0 Å². The highest BCUT2D eigenvalue weighted by atomic mass is 16.5. The average Bonchev–Trinajstić information content (AvgIpc) is 2.47. The zero-order valence-electron chi connectivity index (χ0n) is 15.9. The van der Waals surface area contributed by atoms with E-state index in [2.05, 4.69) is 47.8 Å². The van der Waals surface area contributed by atoms with Crippen LogP contribution in [0.25, 0.3) is 0 Å². The Morgan fingerprint density at radius 1 is 0.609 bits per heavy atom. The summed E-state index contributed by atoms with van der Waals surface area (Å²) in [4.78, 5) is 9.41. The molecular weight excluding hydrogens is 288 g/mol. The molecule has 23 heavy (non-hydrogen) atoms. The molecule has 4 fully saturated rings. The van der Waals surface area contributed by atoms with Crippen LogP contribution in [0.2, 0.25) is 0 Å². The maximum atomic E-state index is 5.10. The van der Waals surface area contributed by atoms with Gasteiger partial charge in [-0.15, -0.1) is 0 Å². The summed E-state index contributed by atoms with van der Waals surface area (Å²) < 4.78 is 5.10. The molecule has 0 radical (unpaired) electrons.